The number of amides is 1. The number of carbonyl (C=O) groups excluding carboxylic acids is 1. The Morgan fingerprint density at radius 2 is 1.85 bits per heavy atom. The third-order valence-electron chi connectivity index (χ3n) is 6.61. The first kappa shape index (κ1) is 23.6. The molecule has 174 valence electrons. The summed E-state index contributed by atoms with van der Waals surface area (Å²) < 4.78 is 0. The SMILES string of the molecule is Cc1ccccc1C1=C2C=CC(=N)C=C2[Si](C)(C)c2cc(NC(=O)[C@@H](N)CCC(=O)O)ccc21. The highest BCUT2D eigenvalue weighted by Crippen LogP contribution is 2.42. The lowest BCUT2D eigenvalue weighted by molar-refractivity contribution is -0.137. The molecule has 0 saturated heterocycles. The van der Waals surface area contributed by atoms with Gasteiger partial charge >= 0.3 is 5.97 Å². The van der Waals surface area contributed by atoms with Crippen LogP contribution in [0.3, 0.4) is 0 Å². The maximum atomic E-state index is 12.6. The van der Waals surface area contributed by atoms with E-state index in [-0.39, 0.29) is 12.8 Å². The molecular formula is C27H29N3O3Si. The Hall–Kier alpha value is -3.55. The zero-order valence-corrected chi connectivity index (χ0v) is 20.6. The summed E-state index contributed by atoms with van der Waals surface area (Å²) in [6.45, 7) is 6.64. The van der Waals surface area contributed by atoms with Crippen molar-refractivity contribution < 1.29 is 14.7 Å². The number of hydrogen-bond acceptors (Lipinski definition) is 4. The van der Waals surface area contributed by atoms with Crippen molar-refractivity contribution in [2.45, 2.75) is 38.9 Å². The van der Waals surface area contributed by atoms with Crippen LogP contribution < -0.4 is 16.2 Å². The fourth-order valence-corrected chi connectivity index (χ4v) is 7.80. The van der Waals surface area contributed by atoms with E-state index >= 15 is 0 Å². The molecule has 6 nitrogen and oxygen atoms in total. The highest BCUT2D eigenvalue weighted by molar-refractivity contribution is 6.98. The number of anilines is 1. The van der Waals surface area contributed by atoms with Gasteiger partial charge in [0.2, 0.25) is 5.91 Å². The minimum atomic E-state index is -2.20. The number of aryl methyl sites for hydroxylation is 1. The molecule has 0 aromatic heterocycles. The van der Waals surface area contributed by atoms with Crippen LogP contribution in [0, 0.1) is 12.3 Å². The van der Waals surface area contributed by atoms with Crippen LogP contribution in [0.5, 0.6) is 0 Å². The molecule has 0 bridgehead atoms. The molecule has 1 aliphatic carbocycles. The van der Waals surface area contributed by atoms with Crippen LogP contribution in [0.1, 0.15) is 29.5 Å². The Labute approximate surface area is 200 Å². The standard InChI is InChI=1S/C27H29N3O3Si/c1-16-6-4-5-7-19(16)26-20-10-8-17(28)14-23(20)34(2,3)24-15-18(9-11-21(24)26)30-27(33)22(29)12-13-25(31)32/h4-11,14-15,22,28H,12-13,29H2,1-3H3,(H,30,33)(H,31,32)/t22-/m0/s1. The van der Waals surface area contributed by atoms with Gasteiger partial charge in [0.25, 0.3) is 0 Å². The van der Waals surface area contributed by atoms with Crippen molar-refractivity contribution in [1.82, 2.24) is 0 Å². The van der Waals surface area contributed by atoms with Crippen LogP contribution in [-0.2, 0) is 9.59 Å². The Balaban J connectivity index is 1.81. The third-order valence-corrected chi connectivity index (χ3v) is 10.1. The lowest BCUT2D eigenvalue weighted by Crippen LogP contribution is -2.49. The van der Waals surface area contributed by atoms with Gasteiger partial charge in [0.1, 0.15) is 8.07 Å². The molecule has 4 rings (SSSR count). The van der Waals surface area contributed by atoms with Gasteiger partial charge in [-0.2, -0.15) is 0 Å². The quantitative estimate of drug-likeness (QED) is 0.478. The number of fused-ring (bicyclic) bond motifs is 2. The normalized spacial score (nSPS) is 16.9. The summed E-state index contributed by atoms with van der Waals surface area (Å²) in [5.74, 6) is -1.37. The monoisotopic (exact) mass is 471 g/mol. The van der Waals surface area contributed by atoms with Crippen molar-refractivity contribution in [3.05, 3.63) is 88.2 Å². The van der Waals surface area contributed by atoms with E-state index in [0.717, 1.165) is 16.7 Å². The summed E-state index contributed by atoms with van der Waals surface area (Å²) in [5.41, 5.74) is 12.8. The van der Waals surface area contributed by atoms with Crippen molar-refractivity contribution in [3.63, 3.8) is 0 Å². The fraction of sp³-hybridized carbons (Fsp3) is 0.222. The first-order valence-electron chi connectivity index (χ1n) is 11.3. The number of hydrogen-bond donors (Lipinski definition) is 4. The molecule has 0 spiro atoms. The van der Waals surface area contributed by atoms with Gasteiger partial charge < -0.3 is 21.6 Å². The van der Waals surface area contributed by atoms with Crippen molar-refractivity contribution >= 4 is 42.1 Å². The second kappa shape index (κ2) is 9.00. The maximum Gasteiger partial charge on any atom is 0.303 e. The molecular weight excluding hydrogens is 442 g/mol. The molecule has 34 heavy (non-hydrogen) atoms. The van der Waals surface area contributed by atoms with E-state index in [1.165, 1.54) is 21.5 Å². The summed E-state index contributed by atoms with van der Waals surface area (Å²) in [6, 6.07) is 13.4. The number of nitrogens with two attached hydrogens (primary N) is 1. The van der Waals surface area contributed by atoms with Gasteiger partial charge in [-0.1, -0.05) is 49.5 Å². The highest BCUT2D eigenvalue weighted by atomic mass is 28.3. The Morgan fingerprint density at radius 3 is 2.56 bits per heavy atom. The van der Waals surface area contributed by atoms with Gasteiger partial charge in [0, 0.05) is 12.1 Å². The first-order chi connectivity index (χ1) is 16.1. The minimum absolute atomic E-state index is 0.0806. The Morgan fingerprint density at radius 1 is 1.12 bits per heavy atom. The number of nitrogens with one attached hydrogen (secondary N) is 2. The highest BCUT2D eigenvalue weighted by Gasteiger charge is 2.39. The molecule has 2 aliphatic rings. The number of carboxylic acid groups (broad SMARTS) is 1. The second-order valence-electron chi connectivity index (χ2n) is 9.36. The molecule has 2 aromatic rings. The number of benzene rings is 2. The van der Waals surface area contributed by atoms with Gasteiger partial charge in [-0.05, 0) is 75.8 Å². The predicted octanol–water partition coefficient (Wildman–Crippen LogP) is 3.91. The van der Waals surface area contributed by atoms with Gasteiger partial charge in [-0.3, -0.25) is 9.59 Å². The van der Waals surface area contributed by atoms with Crippen molar-refractivity contribution in [1.29, 1.82) is 5.41 Å². The van der Waals surface area contributed by atoms with Crippen molar-refractivity contribution in [2.75, 3.05) is 5.32 Å². The Kier molecular flexibility index (Phi) is 6.25. The van der Waals surface area contributed by atoms with E-state index in [4.69, 9.17) is 16.2 Å². The summed E-state index contributed by atoms with van der Waals surface area (Å²) in [7, 11) is -2.20. The number of rotatable bonds is 6. The smallest absolute Gasteiger partial charge is 0.303 e. The van der Waals surface area contributed by atoms with E-state index in [2.05, 4.69) is 49.6 Å². The number of aliphatic carboxylic acids is 1. The van der Waals surface area contributed by atoms with Crippen molar-refractivity contribution in [2.24, 2.45) is 5.73 Å². The summed E-state index contributed by atoms with van der Waals surface area (Å²) in [5, 5.41) is 22.4. The molecule has 0 unspecified atom stereocenters. The van der Waals surface area contributed by atoms with Gasteiger partial charge in [-0.15, -0.1) is 0 Å². The van der Waals surface area contributed by atoms with Crippen LogP contribution in [0.25, 0.3) is 5.57 Å². The largest absolute Gasteiger partial charge is 0.481 e. The molecule has 2 aromatic carbocycles. The average molecular weight is 472 g/mol. The van der Waals surface area contributed by atoms with Gasteiger partial charge in [0.15, 0.2) is 0 Å². The van der Waals surface area contributed by atoms with Gasteiger partial charge in [0.05, 0.1) is 11.8 Å². The van der Waals surface area contributed by atoms with Crippen LogP contribution in [-0.4, -0.2) is 36.8 Å². The molecule has 0 fully saturated rings. The topological polar surface area (TPSA) is 116 Å². The van der Waals surface area contributed by atoms with Crippen LogP contribution >= 0.6 is 0 Å². The fourth-order valence-electron chi connectivity index (χ4n) is 4.72. The molecule has 1 aliphatic heterocycles. The first-order valence-corrected chi connectivity index (χ1v) is 14.3. The Bertz CT molecular complexity index is 1300. The summed E-state index contributed by atoms with van der Waals surface area (Å²) in [4.78, 5) is 23.4. The van der Waals surface area contributed by atoms with E-state index in [1.54, 1.807) is 0 Å². The second-order valence-corrected chi connectivity index (χ2v) is 13.7. The zero-order chi connectivity index (χ0) is 24.6. The van der Waals surface area contributed by atoms with Gasteiger partial charge in [-0.25, -0.2) is 0 Å². The summed E-state index contributed by atoms with van der Waals surface area (Å²) in [6.07, 6.45) is 5.82. The zero-order valence-electron chi connectivity index (χ0n) is 19.6. The molecule has 1 amide bonds. The average Bonchev–Trinajstić information content (AvgIpc) is 2.79. The molecule has 0 saturated carbocycles. The maximum absolute atomic E-state index is 12.6. The van der Waals surface area contributed by atoms with Crippen LogP contribution in [0.15, 0.2) is 71.5 Å². The number of allylic oxidation sites excluding steroid dienone is 5. The summed E-state index contributed by atoms with van der Waals surface area (Å²) >= 11 is 0. The molecule has 0 radical (unpaired) electrons. The molecule has 5 N–H and O–H groups in total. The number of carbonyl (C=O) groups is 2. The van der Waals surface area contributed by atoms with E-state index in [9.17, 15) is 9.59 Å². The third kappa shape index (κ3) is 4.32. The minimum Gasteiger partial charge on any atom is -0.481 e. The van der Waals surface area contributed by atoms with Crippen LogP contribution in [0.4, 0.5) is 5.69 Å². The molecule has 7 heteroatoms. The molecule has 1 atom stereocenters. The van der Waals surface area contributed by atoms with E-state index in [1.807, 2.05) is 36.4 Å². The van der Waals surface area contributed by atoms with E-state index < -0.39 is 26.0 Å². The lowest BCUT2D eigenvalue weighted by Gasteiger charge is -2.38. The van der Waals surface area contributed by atoms with Crippen molar-refractivity contribution in [3.8, 4) is 0 Å². The van der Waals surface area contributed by atoms with E-state index in [0.29, 0.717) is 11.4 Å². The lowest BCUT2D eigenvalue weighted by atomic mass is 9.87. The predicted molar refractivity (Wildman–Crippen MR) is 139 cm³/mol. The number of carboxylic acids is 1. The van der Waals surface area contributed by atoms with Crippen LogP contribution in [0.2, 0.25) is 13.1 Å². The molecule has 1 heterocycles.